The van der Waals surface area contributed by atoms with Crippen molar-refractivity contribution in [3.63, 3.8) is 0 Å². The largest absolute Gasteiger partial charge is 0.441 e. The molecule has 0 N–H and O–H groups in total. The van der Waals surface area contributed by atoms with Crippen molar-refractivity contribution in [3.05, 3.63) is 59.3 Å². The number of hydrogen-bond donors (Lipinski definition) is 0. The van der Waals surface area contributed by atoms with Crippen LogP contribution in [0, 0.1) is 12.8 Å². The third-order valence-corrected chi connectivity index (χ3v) is 6.98. The Morgan fingerprint density at radius 1 is 0.743 bits per heavy atom. The van der Waals surface area contributed by atoms with Crippen LogP contribution in [-0.4, -0.2) is 22.3 Å². The molecule has 2 heterocycles. The Hall–Kier alpha value is -3.04. The van der Waals surface area contributed by atoms with Crippen molar-refractivity contribution in [1.29, 1.82) is 0 Å². The van der Waals surface area contributed by atoms with Crippen LogP contribution in [0.4, 0.5) is 26.3 Å². The molecule has 0 saturated heterocycles. The molecule has 0 aliphatic heterocycles. The van der Waals surface area contributed by atoms with Gasteiger partial charge in [-0.3, -0.25) is 0 Å². The van der Waals surface area contributed by atoms with Gasteiger partial charge in [0.25, 0.3) is 0 Å². The first-order valence-corrected chi connectivity index (χ1v) is 11.3. The van der Waals surface area contributed by atoms with Crippen molar-refractivity contribution in [2.75, 3.05) is 0 Å². The fourth-order valence-electron chi connectivity index (χ4n) is 5.12. The molecule has 0 spiro atoms. The first-order chi connectivity index (χ1) is 16.4. The molecule has 4 aromatic rings. The molecule has 0 atom stereocenters. The third kappa shape index (κ3) is 3.77. The summed E-state index contributed by atoms with van der Waals surface area (Å²) < 4.78 is 98.4. The summed E-state index contributed by atoms with van der Waals surface area (Å²) in [5.74, 6) is 1.05. The van der Waals surface area contributed by atoms with Gasteiger partial charge in [-0.25, -0.2) is 9.97 Å². The average Bonchev–Trinajstić information content (AvgIpc) is 3.34. The van der Waals surface area contributed by atoms with Gasteiger partial charge in [0.1, 0.15) is 11.0 Å². The molecule has 0 unspecified atom stereocenters. The minimum atomic E-state index is -5.71. The van der Waals surface area contributed by atoms with E-state index in [2.05, 4.69) is 16.9 Å². The predicted octanol–water partition coefficient (Wildman–Crippen LogP) is 7.98. The van der Waals surface area contributed by atoms with Crippen LogP contribution in [-0.2, 0) is 5.41 Å². The molecule has 1 saturated carbocycles. The smallest absolute Gasteiger partial charge is 0.411 e. The quantitative estimate of drug-likeness (QED) is 0.270. The van der Waals surface area contributed by atoms with Crippen molar-refractivity contribution < 1.29 is 35.2 Å². The molecular formula is C25H22F6N2O2. The Balaban J connectivity index is 1.69. The maximum atomic E-state index is 14.6. The van der Waals surface area contributed by atoms with Crippen molar-refractivity contribution in [2.24, 2.45) is 5.92 Å². The maximum absolute atomic E-state index is 14.6. The first-order valence-electron chi connectivity index (χ1n) is 11.3. The highest BCUT2D eigenvalue weighted by Gasteiger charge is 2.72. The van der Waals surface area contributed by atoms with E-state index in [9.17, 15) is 26.3 Å². The second kappa shape index (κ2) is 7.99. The van der Waals surface area contributed by atoms with Gasteiger partial charge in [0.2, 0.25) is 5.41 Å². The van der Waals surface area contributed by atoms with Gasteiger partial charge in [0.15, 0.2) is 22.9 Å². The van der Waals surface area contributed by atoms with Gasteiger partial charge in [0, 0.05) is 12.8 Å². The summed E-state index contributed by atoms with van der Waals surface area (Å²) in [6, 6.07) is 5.45. The average molecular weight is 496 g/mol. The minimum Gasteiger partial charge on any atom is -0.441 e. The topological polar surface area (TPSA) is 52.1 Å². The number of halogens is 6. The van der Waals surface area contributed by atoms with E-state index in [0.717, 1.165) is 62.1 Å². The summed E-state index contributed by atoms with van der Waals surface area (Å²) in [5.41, 5.74) is -6.15. The highest BCUT2D eigenvalue weighted by Crippen LogP contribution is 2.56. The Labute approximate surface area is 196 Å². The van der Waals surface area contributed by atoms with E-state index >= 15 is 0 Å². The van der Waals surface area contributed by atoms with Gasteiger partial charge in [-0.05, 0) is 67.0 Å². The van der Waals surface area contributed by atoms with E-state index in [1.165, 1.54) is 6.92 Å². The summed E-state index contributed by atoms with van der Waals surface area (Å²) in [6.07, 6.45) is -7.87. The van der Waals surface area contributed by atoms with E-state index in [1.54, 1.807) is 0 Å². The summed E-state index contributed by atoms with van der Waals surface area (Å²) in [6.45, 7) is 3.60. The number of oxazole rings is 2. The van der Waals surface area contributed by atoms with Gasteiger partial charge >= 0.3 is 12.4 Å². The molecule has 0 bridgehead atoms. The van der Waals surface area contributed by atoms with Crippen molar-refractivity contribution in [1.82, 2.24) is 9.97 Å². The Bertz CT molecular complexity index is 1360. The number of fused-ring (bicyclic) bond motifs is 2. The number of hydrogen-bond acceptors (Lipinski definition) is 4. The highest BCUT2D eigenvalue weighted by molar-refractivity contribution is 5.77. The molecule has 35 heavy (non-hydrogen) atoms. The number of aryl methyl sites for hydroxylation is 1. The van der Waals surface area contributed by atoms with E-state index in [-0.39, 0.29) is 34.0 Å². The minimum absolute atomic E-state index is 0.00477. The standard InChI is InChI=1S/C25H22F6N2O2/c1-13-3-5-15(6-4-13)22-33-19-12-17(8-10-21(19)35-22)23(24(26,27)28,25(29,30)31)16-7-9-20-18(11-16)32-14(2)34-20/h7-13,15H,3-6H2,1-2H3. The van der Waals surface area contributed by atoms with Crippen LogP contribution in [0.1, 0.15) is 61.4 Å². The fraction of sp³-hybridized carbons (Fsp3) is 0.440. The van der Waals surface area contributed by atoms with E-state index < -0.39 is 28.9 Å². The maximum Gasteiger partial charge on any atom is 0.411 e. The Kier molecular flexibility index (Phi) is 5.41. The second-order valence-corrected chi connectivity index (χ2v) is 9.35. The second-order valence-electron chi connectivity index (χ2n) is 9.35. The lowest BCUT2D eigenvalue weighted by Crippen LogP contribution is -2.54. The molecule has 2 aromatic carbocycles. The normalized spacial score (nSPS) is 20.1. The summed E-state index contributed by atoms with van der Waals surface area (Å²) in [7, 11) is 0. The van der Waals surface area contributed by atoms with Crippen LogP contribution in [0.25, 0.3) is 22.2 Å². The monoisotopic (exact) mass is 496 g/mol. The lowest BCUT2D eigenvalue weighted by atomic mass is 9.72. The zero-order chi connectivity index (χ0) is 25.2. The number of benzene rings is 2. The molecular weight excluding hydrogens is 474 g/mol. The number of alkyl halides is 6. The van der Waals surface area contributed by atoms with Gasteiger partial charge in [0.05, 0.1) is 0 Å². The predicted molar refractivity (Wildman–Crippen MR) is 116 cm³/mol. The van der Waals surface area contributed by atoms with Gasteiger partial charge in [-0.2, -0.15) is 26.3 Å². The summed E-state index contributed by atoms with van der Waals surface area (Å²) in [4.78, 5) is 8.24. The van der Waals surface area contributed by atoms with Gasteiger partial charge in [-0.1, -0.05) is 19.1 Å². The van der Waals surface area contributed by atoms with E-state index in [1.807, 2.05) is 0 Å². The van der Waals surface area contributed by atoms with Crippen molar-refractivity contribution in [3.8, 4) is 0 Å². The number of aromatic nitrogens is 2. The zero-order valence-electron chi connectivity index (χ0n) is 18.9. The SMILES string of the molecule is Cc1nc2cc(C(c3ccc4oc(C5CCC(C)CC5)nc4c3)(C(F)(F)F)C(F)(F)F)ccc2o1. The van der Waals surface area contributed by atoms with Crippen LogP contribution in [0.3, 0.4) is 0 Å². The number of nitrogens with zero attached hydrogens (tertiary/aromatic N) is 2. The molecule has 4 nitrogen and oxygen atoms in total. The van der Waals surface area contributed by atoms with Gasteiger partial charge in [-0.15, -0.1) is 0 Å². The third-order valence-electron chi connectivity index (χ3n) is 6.98. The van der Waals surface area contributed by atoms with Crippen molar-refractivity contribution in [2.45, 2.75) is 63.2 Å². The molecule has 5 rings (SSSR count). The number of rotatable bonds is 3. The van der Waals surface area contributed by atoms with Crippen LogP contribution < -0.4 is 0 Å². The van der Waals surface area contributed by atoms with Crippen LogP contribution in [0.15, 0.2) is 45.2 Å². The summed E-state index contributed by atoms with van der Waals surface area (Å²) in [5, 5.41) is 0. The Morgan fingerprint density at radius 2 is 1.26 bits per heavy atom. The molecule has 186 valence electrons. The van der Waals surface area contributed by atoms with Crippen LogP contribution in [0.2, 0.25) is 0 Å². The van der Waals surface area contributed by atoms with E-state index in [0.29, 0.717) is 11.8 Å². The van der Waals surface area contributed by atoms with Gasteiger partial charge < -0.3 is 8.83 Å². The highest BCUT2D eigenvalue weighted by atomic mass is 19.4. The molecule has 1 fully saturated rings. The lowest BCUT2D eigenvalue weighted by Gasteiger charge is -2.38. The lowest BCUT2D eigenvalue weighted by molar-refractivity contribution is -0.288. The van der Waals surface area contributed by atoms with Crippen LogP contribution in [0.5, 0.6) is 0 Å². The van der Waals surface area contributed by atoms with E-state index in [4.69, 9.17) is 8.83 Å². The zero-order valence-corrected chi connectivity index (χ0v) is 18.9. The summed E-state index contributed by atoms with van der Waals surface area (Å²) >= 11 is 0. The van der Waals surface area contributed by atoms with Crippen LogP contribution >= 0.6 is 0 Å². The molecule has 0 radical (unpaired) electrons. The molecule has 1 aliphatic rings. The molecule has 0 amide bonds. The molecule has 2 aromatic heterocycles. The molecule has 10 heteroatoms. The van der Waals surface area contributed by atoms with Crippen molar-refractivity contribution >= 4 is 22.2 Å². The Morgan fingerprint density at radius 3 is 1.80 bits per heavy atom. The fourth-order valence-corrected chi connectivity index (χ4v) is 5.12. The molecule has 1 aliphatic carbocycles. The first kappa shape index (κ1) is 23.7.